The van der Waals surface area contributed by atoms with E-state index in [0.717, 1.165) is 10.0 Å². The molecule has 1 N–H and O–H groups in total. The molecule has 5 heteroatoms. The van der Waals surface area contributed by atoms with Gasteiger partial charge in [-0.1, -0.05) is 65.0 Å². The number of carbonyl (C=O) groups excluding carboxylic acids is 1. The molecule has 2 aromatic rings. The molecule has 2 aromatic carbocycles. The van der Waals surface area contributed by atoms with Crippen molar-refractivity contribution in [2.75, 3.05) is 6.61 Å². The van der Waals surface area contributed by atoms with Gasteiger partial charge in [-0.05, 0) is 56.1 Å². The standard InChI is InChI=1S/C22H27BrN2O2/c1-15(2)17-8-6-16(7-9-17)13-24-25-21(26)14-27-20-11-10-18(12-19(20)23)22(3,4)5/h6-13,15H,14H2,1-5H3,(H,25,26)/b24-13+. The second-order valence-electron chi connectivity index (χ2n) is 7.80. The predicted molar refractivity (Wildman–Crippen MR) is 115 cm³/mol. The van der Waals surface area contributed by atoms with Crippen molar-refractivity contribution in [3.8, 4) is 5.75 Å². The zero-order valence-corrected chi connectivity index (χ0v) is 18.1. The first-order valence-corrected chi connectivity index (χ1v) is 9.81. The lowest BCUT2D eigenvalue weighted by Gasteiger charge is -2.20. The number of carbonyl (C=O) groups is 1. The lowest BCUT2D eigenvalue weighted by atomic mass is 9.87. The number of nitrogens with zero attached hydrogens (tertiary/aromatic N) is 1. The maximum Gasteiger partial charge on any atom is 0.277 e. The maximum absolute atomic E-state index is 11.9. The van der Waals surface area contributed by atoms with Gasteiger partial charge in [0.05, 0.1) is 10.7 Å². The van der Waals surface area contributed by atoms with Crippen molar-refractivity contribution in [2.24, 2.45) is 5.10 Å². The first kappa shape index (κ1) is 21.2. The number of hydrogen-bond donors (Lipinski definition) is 1. The van der Waals surface area contributed by atoms with Gasteiger partial charge in [0.1, 0.15) is 5.75 Å². The van der Waals surface area contributed by atoms with Gasteiger partial charge in [-0.25, -0.2) is 5.43 Å². The highest BCUT2D eigenvalue weighted by molar-refractivity contribution is 9.10. The molecule has 0 aromatic heterocycles. The van der Waals surface area contributed by atoms with Gasteiger partial charge in [-0.2, -0.15) is 5.10 Å². The van der Waals surface area contributed by atoms with Crippen LogP contribution in [0.2, 0.25) is 0 Å². The summed E-state index contributed by atoms with van der Waals surface area (Å²) >= 11 is 3.50. The lowest BCUT2D eigenvalue weighted by molar-refractivity contribution is -0.123. The number of rotatable bonds is 6. The molecule has 4 nitrogen and oxygen atoms in total. The average molecular weight is 431 g/mol. The Morgan fingerprint density at radius 2 is 1.85 bits per heavy atom. The molecular formula is C22H27BrN2O2. The van der Waals surface area contributed by atoms with E-state index in [4.69, 9.17) is 4.74 Å². The Bertz CT molecular complexity index is 806. The molecule has 0 bridgehead atoms. The highest BCUT2D eigenvalue weighted by atomic mass is 79.9. The monoisotopic (exact) mass is 430 g/mol. The van der Waals surface area contributed by atoms with Gasteiger partial charge in [0.2, 0.25) is 0 Å². The molecule has 0 saturated carbocycles. The molecule has 0 atom stereocenters. The minimum atomic E-state index is -0.308. The summed E-state index contributed by atoms with van der Waals surface area (Å²) < 4.78 is 6.41. The summed E-state index contributed by atoms with van der Waals surface area (Å²) in [5.41, 5.74) is 5.94. The van der Waals surface area contributed by atoms with Crippen molar-refractivity contribution in [1.82, 2.24) is 5.43 Å². The van der Waals surface area contributed by atoms with Crippen LogP contribution in [0.5, 0.6) is 5.75 Å². The fourth-order valence-electron chi connectivity index (χ4n) is 2.41. The molecule has 0 unspecified atom stereocenters. The van der Waals surface area contributed by atoms with Gasteiger partial charge in [0, 0.05) is 0 Å². The minimum absolute atomic E-state index is 0.0561. The summed E-state index contributed by atoms with van der Waals surface area (Å²) in [6.45, 7) is 10.7. The van der Waals surface area contributed by atoms with Crippen molar-refractivity contribution in [2.45, 2.75) is 46.0 Å². The molecular weight excluding hydrogens is 404 g/mol. The third-order valence-corrected chi connectivity index (χ3v) is 4.78. The van der Waals surface area contributed by atoms with E-state index in [1.54, 1.807) is 6.21 Å². The van der Waals surface area contributed by atoms with Gasteiger partial charge >= 0.3 is 0 Å². The fraction of sp³-hybridized carbons (Fsp3) is 0.364. The molecule has 0 aliphatic carbocycles. The van der Waals surface area contributed by atoms with E-state index in [1.165, 1.54) is 11.1 Å². The summed E-state index contributed by atoms with van der Waals surface area (Å²) in [5.74, 6) is 0.813. The van der Waals surface area contributed by atoms with E-state index >= 15 is 0 Å². The van der Waals surface area contributed by atoms with E-state index < -0.39 is 0 Å². The summed E-state index contributed by atoms with van der Waals surface area (Å²) in [6.07, 6.45) is 1.62. The maximum atomic E-state index is 11.9. The topological polar surface area (TPSA) is 50.7 Å². The second-order valence-corrected chi connectivity index (χ2v) is 8.65. The number of benzene rings is 2. The molecule has 1 amide bonds. The van der Waals surface area contributed by atoms with Crippen LogP contribution >= 0.6 is 15.9 Å². The van der Waals surface area contributed by atoms with E-state index in [2.05, 4.69) is 73.2 Å². The van der Waals surface area contributed by atoms with Crippen LogP contribution in [0, 0.1) is 0 Å². The van der Waals surface area contributed by atoms with Crippen molar-refractivity contribution < 1.29 is 9.53 Å². The van der Waals surface area contributed by atoms with E-state index in [-0.39, 0.29) is 17.9 Å². The zero-order valence-electron chi connectivity index (χ0n) is 16.5. The molecule has 27 heavy (non-hydrogen) atoms. The van der Waals surface area contributed by atoms with Gasteiger partial charge in [-0.15, -0.1) is 0 Å². The molecule has 0 radical (unpaired) electrons. The van der Waals surface area contributed by atoms with Crippen LogP contribution < -0.4 is 10.2 Å². The largest absolute Gasteiger partial charge is 0.483 e. The molecule has 0 aliphatic rings. The van der Waals surface area contributed by atoms with Gasteiger partial charge in [0.15, 0.2) is 6.61 Å². The summed E-state index contributed by atoms with van der Waals surface area (Å²) in [5, 5.41) is 3.98. The Labute approximate surface area is 170 Å². The van der Waals surface area contributed by atoms with Crippen LogP contribution in [0.25, 0.3) is 0 Å². The smallest absolute Gasteiger partial charge is 0.277 e. The minimum Gasteiger partial charge on any atom is -0.483 e. The van der Waals surface area contributed by atoms with Crippen LogP contribution in [0.4, 0.5) is 0 Å². The van der Waals surface area contributed by atoms with Gasteiger partial charge < -0.3 is 4.74 Å². The van der Waals surface area contributed by atoms with Crippen LogP contribution in [0.3, 0.4) is 0 Å². The summed E-state index contributed by atoms with van der Waals surface area (Å²) in [7, 11) is 0. The Morgan fingerprint density at radius 1 is 1.19 bits per heavy atom. The molecule has 0 saturated heterocycles. The third-order valence-electron chi connectivity index (χ3n) is 4.16. The van der Waals surface area contributed by atoms with Crippen LogP contribution in [0.1, 0.15) is 57.2 Å². The number of hydrazone groups is 1. The highest BCUT2D eigenvalue weighted by Crippen LogP contribution is 2.31. The number of amides is 1. The van der Waals surface area contributed by atoms with Crippen LogP contribution in [-0.2, 0) is 10.2 Å². The zero-order chi connectivity index (χ0) is 20.0. The Balaban J connectivity index is 1.85. The molecule has 0 spiro atoms. The molecule has 0 fully saturated rings. The van der Waals surface area contributed by atoms with E-state index in [1.807, 2.05) is 30.3 Å². The molecule has 0 aliphatic heterocycles. The van der Waals surface area contributed by atoms with Gasteiger partial charge in [-0.3, -0.25) is 4.79 Å². The number of nitrogens with one attached hydrogen (secondary N) is 1. The lowest BCUT2D eigenvalue weighted by Crippen LogP contribution is -2.24. The second kappa shape index (κ2) is 9.18. The van der Waals surface area contributed by atoms with Crippen molar-refractivity contribution >= 4 is 28.1 Å². The van der Waals surface area contributed by atoms with Crippen LogP contribution in [0.15, 0.2) is 52.0 Å². The molecule has 2 rings (SSSR count). The Hall–Kier alpha value is -2.14. The third kappa shape index (κ3) is 6.51. The van der Waals surface area contributed by atoms with E-state index in [0.29, 0.717) is 11.7 Å². The van der Waals surface area contributed by atoms with Crippen molar-refractivity contribution in [3.63, 3.8) is 0 Å². The van der Waals surface area contributed by atoms with E-state index in [9.17, 15) is 4.79 Å². The Kier molecular flexibility index (Phi) is 7.19. The molecule has 0 heterocycles. The molecule has 144 valence electrons. The first-order valence-electron chi connectivity index (χ1n) is 9.01. The first-order chi connectivity index (χ1) is 12.7. The quantitative estimate of drug-likeness (QED) is 0.492. The fourth-order valence-corrected chi connectivity index (χ4v) is 2.90. The number of hydrogen-bond acceptors (Lipinski definition) is 3. The number of ether oxygens (including phenoxy) is 1. The highest BCUT2D eigenvalue weighted by Gasteiger charge is 2.15. The predicted octanol–water partition coefficient (Wildman–Crippen LogP) is 5.40. The summed E-state index contributed by atoms with van der Waals surface area (Å²) in [4.78, 5) is 11.9. The number of halogens is 1. The van der Waals surface area contributed by atoms with Crippen molar-refractivity contribution in [1.29, 1.82) is 0 Å². The normalized spacial score (nSPS) is 11.8. The van der Waals surface area contributed by atoms with Crippen LogP contribution in [-0.4, -0.2) is 18.7 Å². The average Bonchev–Trinajstić information content (AvgIpc) is 2.60. The Morgan fingerprint density at radius 3 is 2.41 bits per heavy atom. The SMILES string of the molecule is CC(C)c1ccc(/C=N/NC(=O)COc2ccc(C(C)(C)C)cc2Br)cc1. The summed E-state index contributed by atoms with van der Waals surface area (Å²) in [6, 6.07) is 14.0. The van der Waals surface area contributed by atoms with Gasteiger partial charge in [0.25, 0.3) is 5.91 Å². The van der Waals surface area contributed by atoms with Crippen molar-refractivity contribution in [3.05, 3.63) is 63.6 Å².